The van der Waals surface area contributed by atoms with E-state index >= 15 is 0 Å². The Labute approximate surface area is 177 Å². The summed E-state index contributed by atoms with van der Waals surface area (Å²) in [4.78, 5) is 25.4. The number of amides is 1. The summed E-state index contributed by atoms with van der Waals surface area (Å²) in [7, 11) is 0. The molecule has 0 bridgehead atoms. The van der Waals surface area contributed by atoms with Crippen LogP contribution in [-0.2, 0) is 6.54 Å². The van der Waals surface area contributed by atoms with Gasteiger partial charge >= 0.3 is 0 Å². The number of nitrogens with zero attached hydrogens (tertiary/aromatic N) is 5. The molecule has 5 rings (SSSR count). The Balaban J connectivity index is 1.58. The molecule has 156 valence electrons. The third-order valence-corrected chi connectivity index (χ3v) is 6.39. The molecule has 0 atom stereocenters. The maximum absolute atomic E-state index is 14.0. The van der Waals surface area contributed by atoms with Gasteiger partial charge in [-0.1, -0.05) is 18.9 Å². The van der Waals surface area contributed by atoms with E-state index in [1.54, 1.807) is 6.20 Å². The van der Waals surface area contributed by atoms with Crippen LogP contribution in [0.25, 0.3) is 11.0 Å². The predicted octanol–water partition coefficient (Wildman–Crippen LogP) is 4.87. The van der Waals surface area contributed by atoms with E-state index in [1.807, 2.05) is 40.0 Å². The van der Waals surface area contributed by atoms with E-state index in [0.717, 1.165) is 53.7 Å². The first-order valence-electron chi connectivity index (χ1n) is 11.2. The van der Waals surface area contributed by atoms with Crippen molar-refractivity contribution >= 4 is 16.9 Å². The van der Waals surface area contributed by atoms with Gasteiger partial charge in [0.1, 0.15) is 0 Å². The molecule has 2 saturated carbocycles. The number of carbonyl (C=O) groups is 1. The molecule has 0 saturated heterocycles. The van der Waals surface area contributed by atoms with Gasteiger partial charge in [-0.05, 0) is 57.7 Å². The molecule has 30 heavy (non-hydrogen) atoms. The molecule has 3 aromatic rings. The van der Waals surface area contributed by atoms with Gasteiger partial charge in [0.25, 0.3) is 5.91 Å². The zero-order chi connectivity index (χ0) is 20.7. The highest BCUT2D eigenvalue weighted by molar-refractivity contribution is 6.05. The average Bonchev–Trinajstić information content (AvgIpc) is 3.29. The van der Waals surface area contributed by atoms with Crippen LogP contribution in [0.4, 0.5) is 0 Å². The summed E-state index contributed by atoms with van der Waals surface area (Å²) in [5, 5.41) is 5.43. The third-order valence-electron chi connectivity index (χ3n) is 6.39. The van der Waals surface area contributed by atoms with Crippen molar-refractivity contribution in [3.8, 4) is 0 Å². The summed E-state index contributed by atoms with van der Waals surface area (Å²) in [6, 6.07) is 8.42. The number of pyridine rings is 2. The molecule has 2 aliphatic carbocycles. The molecule has 1 amide bonds. The van der Waals surface area contributed by atoms with E-state index in [2.05, 4.69) is 23.9 Å². The fraction of sp³-hybridized carbons (Fsp3) is 0.500. The van der Waals surface area contributed by atoms with Crippen LogP contribution >= 0.6 is 0 Å². The highest BCUT2D eigenvalue weighted by Gasteiger charge is 2.32. The van der Waals surface area contributed by atoms with Crippen LogP contribution in [0.1, 0.15) is 86.1 Å². The van der Waals surface area contributed by atoms with Crippen LogP contribution < -0.4 is 0 Å². The van der Waals surface area contributed by atoms with Crippen LogP contribution in [0.2, 0.25) is 0 Å². The number of aromatic nitrogens is 4. The quantitative estimate of drug-likeness (QED) is 0.589. The maximum Gasteiger partial charge on any atom is 0.255 e. The van der Waals surface area contributed by atoms with Crippen molar-refractivity contribution in [3.05, 3.63) is 53.6 Å². The minimum absolute atomic E-state index is 0.0881. The van der Waals surface area contributed by atoms with Crippen molar-refractivity contribution in [2.45, 2.75) is 76.9 Å². The van der Waals surface area contributed by atoms with Crippen LogP contribution in [0, 0.1) is 0 Å². The first-order valence-corrected chi connectivity index (χ1v) is 11.2. The van der Waals surface area contributed by atoms with Crippen LogP contribution in [0.15, 0.2) is 36.7 Å². The lowest BCUT2D eigenvalue weighted by Gasteiger charge is -2.29. The summed E-state index contributed by atoms with van der Waals surface area (Å²) in [5.74, 6) is 0.567. The van der Waals surface area contributed by atoms with Gasteiger partial charge in [-0.15, -0.1) is 0 Å². The fourth-order valence-electron chi connectivity index (χ4n) is 4.58. The van der Waals surface area contributed by atoms with E-state index in [0.29, 0.717) is 12.5 Å². The Morgan fingerprint density at radius 3 is 2.67 bits per heavy atom. The van der Waals surface area contributed by atoms with Gasteiger partial charge in [-0.3, -0.25) is 9.78 Å². The summed E-state index contributed by atoms with van der Waals surface area (Å²) in [6.45, 7) is 4.75. The van der Waals surface area contributed by atoms with Gasteiger partial charge in [0.15, 0.2) is 5.65 Å². The summed E-state index contributed by atoms with van der Waals surface area (Å²) >= 11 is 0. The standard InChI is InChI=1S/C24H29N5O/c1-16(2)29-23-21(14-26-29)20(13-22(27-23)17-10-11-17)24(30)28(19-8-3-4-9-19)15-18-7-5-6-12-25-18/h5-7,12-14,16-17,19H,3-4,8-11,15H2,1-2H3. The molecule has 0 radical (unpaired) electrons. The third kappa shape index (κ3) is 3.59. The van der Waals surface area contributed by atoms with Gasteiger partial charge < -0.3 is 4.90 Å². The topological polar surface area (TPSA) is 63.9 Å². The van der Waals surface area contributed by atoms with Gasteiger partial charge in [0.05, 0.1) is 29.4 Å². The molecule has 6 heteroatoms. The molecule has 3 aromatic heterocycles. The van der Waals surface area contributed by atoms with Crippen LogP contribution in [0.3, 0.4) is 0 Å². The molecule has 0 unspecified atom stereocenters. The Bertz CT molecular complexity index is 1050. The molecule has 0 N–H and O–H groups in total. The van der Waals surface area contributed by atoms with E-state index in [-0.39, 0.29) is 18.0 Å². The predicted molar refractivity (Wildman–Crippen MR) is 116 cm³/mol. The van der Waals surface area contributed by atoms with E-state index in [9.17, 15) is 4.79 Å². The van der Waals surface area contributed by atoms with Crippen molar-refractivity contribution in [2.75, 3.05) is 0 Å². The molecule has 3 heterocycles. The molecule has 0 spiro atoms. The average molecular weight is 404 g/mol. The first kappa shape index (κ1) is 19.2. The molecule has 0 aromatic carbocycles. The number of rotatable bonds is 6. The summed E-state index contributed by atoms with van der Waals surface area (Å²) in [6.07, 6.45) is 10.4. The van der Waals surface area contributed by atoms with E-state index in [4.69, 9.17) is 4.98 Å². The van der Waals surface area contributed by atoms with Crippen molar-refractivity contribution in [3.63, 3.8) is 0 Å². The number of hydrogen-bond acceptors (Lipinski definition) is 4. The van der Waals surface area contributed by atoms with Gasteiger partial charge in [-0.25, -0.2) is 9.67 Å². The molecular formula is C24H29N5O. The number of fused-ring (bicyclic) bond motifs is 1. The van der Waals surface area contributed by atoms with E-state index < -0.39 is 0 Å². The minimum Gasteiger partial charge on any atom is -0.330 e. The Morgan fingerprint density at radius 1 is 1.20 bits per heavy atom. The van der Waals surface area contributed by atoms with E-state index in [1.165, 1.54) is 12.8 Å². The Morgan fingerprint density at radius 2 is 2.00 bits per heavy atom. The van der Waals surface area contributed by atoms with Crippen molar-refractivity contribution in [2.24, 2.45) is 0 Å². The second kappa shape index (κ2) is 7.82. The normalized spacial score (nSPS) is 17.2. The molecule has 2 fully saturated rings. The monoisotopic (exact) mass is 403 g/mol. The Kier molecular flexibility index (Phi) is 5.01. The summed E-state index contributed by atoms with van der Waals surface area (Å²) < 4.78 is 1.94. The fourth-order valence-corrected chi connectivity index (χ4v) is 4.58. The van der Waals surface area contributed by atoms with Crippen LogP contribution in [-0.4, -0.2) is 36.6 Å². The zero-order valence-electron chi connectivity index (χ0n) is 17.8. The smallest absolute Gasteiger partial charge is 0.255 e. The van der Waals surface area contributed by atoms with Gasteiger partial charge in [0.2, 0.25) is 0 Å². The van der Waals surface area contributed by atoms with Gasteiger partial charge in [0, 0.05) is 29.9 Å². The summed E-state index contributed by atoms with van der Waals surface area (Å²) in [5.41, 5.74) is 3.55. The highest BCUT2D eigenvalue weighted by Crippen LogP contribution is 2.40. The second-order valence-electron chi connectivity index (χ2n) is 8.98. The first-order chi connectivity index (χ1) is 14.6. The lowest BCUT2D eigenvalue weighted by molar-refractivity contribution is 0.0663. The molecule has 6 nitrogen and oxygen atoms in total. The second-order valence-corrected chi connectivity index (χ2v) is 8.98. The molecule has 2 aliphatic rings. The Hall–Kier alpha value is -2.76. The zero-order valence-corrected chi connectivity index (χ0v) is 17.8. The maximum atomic E-state index is 14.0. The van der Waals surface area contributed by atoms with Crippen LogP contribution in [0.5, 0.6) is 0 Å². The molecular weight excluding hydrogens is 374 g/mol. The van der Waals surface area contributed by atoms with Gasteiger partial charge in [-0.2, -0.15) is 5.10 Å². The van der Waals surface area contributed by atoms with Crippen molar-refractivity contribution < 1.29 is 4.79 Å². The lowest BCUT2D eigenvalue weighted by atomic mass is 10.1. The SMILES string of the molecule is CC(C)n1ncc2c(C(=O)N(Cc3ccccn3)C3CCCC3)cc(C3CC3)nc21. The minimum atomic E-state index is 0.0881. The van der Waals surface area contributed by atoms with Crippen molar-refractivity contribution in [1.82, 2.24) is 24.6 Å². The number of carbonyl (C=O) groups excluding carboxylic acids is 1. The number of hydrogen-bond donors (Lipinski definition) is 0. The largest absolute Gasteiger partial charge is 0.330 e. The molecule has 0 aliphatic heterocycles. The highest BCUT2D eigenvalue weighted by atomic mass is 16.2. The van der Waals surface area contributed by atoms with Crippen molar-refractivity contribution in [1.29, 1.82) is 0 Å². The lowest BCUT2D eigenvalue weighted by Crippen LogP contribution is -2.38.